The summed E-state index contributed by atoms with van der Waals surface area (Å²) in [5.41, 5.74) is 1.16. The van der Waals surface area contributed by atoms with Gasteiger partial charge in [0, 0.05) is 5.39 Å². The van der Waals surface area contributed by atoms with Crippen LogP contribution in [0.5, 0.6) is 0 Å². The van der Waals surface area contributed by atoms with Gasteiger partial charge in [-0.3, -0.25) is 19.2 Å². The second-order valence-electron chi connectivity index (χ2n) is 7.04. The minimum Gasteiger partial charge on any atom is -0.343 e. The third-order valence-electron chi connectivity index (χ3n) is 4.78. The van der Waals surface area contributed by atoms with Gasteiger partial charge in [0.15, 0.2) is 0 Å². The van der Waals surface area contributed by atoms with Crippen LogP contribution in [0.25, 0.3) is 10.8 Å². The Bertz CT molecular complexity index is 1020. The van der Waals surface area contributed by atoms with Gasteiger partial charge in [0.2, 0.25) is 5.91 Å². The first-order valence-electron chi connectivity index (χ1n) is 8.02. The monoisotopic (exact) mass is 336 g/mol. The summed E-state index contributed by atoms with van der Waals surface area (Å²) < 4.78 is 0. The number of anilines is 1. The predicted octanol–water partition coefficient (Wildman–Crippen LogP) is 2.28. The molecule has 0 saturated carbocycles. The van der Waals surface area contributed by atoms with Crippen molar-refractivity contribution in [2.75, 3.05) is 4.90 Å². The number of fused-ring (bicyclic) bond motifs is 2. The second kappa shape index (κ2) is 4.75. The SMILES string of the molecule is CC(=O)CC(=O)N1C(=O)c2c3c(cc4cccc1c24)C(C)(C)NC3=O. The average Bonchev–Trinajstić information content (AvgIpc) is 2.92. The van der Waals surface area contributed by atoms with Gasteiger partial charge in [-0.2, -0.15) is 0 Å². The van der Waals surface area contributed by atoms with Gasteiger partial charge in [-0.05, 0) is 43.9 Å². The number of nitrogens with zero attached hydrogens (tertiary/aromatic N) is 1. The molecule has 2 aliphatic heterocycles. The lowest BCUT2D eigenvalue weighted by molar-refractivity contribution is -0.125. The summed E-state index contributed by atoms with van der Waals surface area (Å²) in [5.74, 6) is -1.75. The molecule has 0 spiro atoms. The number of carbonyl (C=O) groups excluding carboxylic acids is 4. The Balaban J connectivity index is 2.02. The number of rotatable bonds is 2. The van der Waals surface area contributed by atoms with Crippen molar-refractivity contribution in [2.45, 2.75) is 32.7 Å². The number of nitrogens with one attached hydrogen (secondary N) is 1. The summed E-state index contributed by atoms with van der Waals surface area (Å²) in [6.45, 7) is 5.05. The highest BCUT2D eigenvalue weighted by Crippen LogP contribution is 2.44. The van der Waals surface area contributed by atoms with Crippen molar-refractivity contribution in [3.63, 3.8) is 0 Å². The fraction of sp³-hybridized carbons (Fsp3) is 0.263. The van der Waals surface area contributed by atoms with E-state index < -0.39 is 17.4 Å². The third-order valence-corrected chi connectivity index (χ3v) is 4.78. The Morgan fingerprint density at radius 1 is 1.16 bits per heavy atom. The Hall–Kier alpha value is -3.02. The predicted molar refractivity (Wildman–Crippen MR) is 91.6 cm³/mol. The zero-order valence-electron chi connectivity index (χ0n) is 14.1. The van der Waals surface area contributed by atoms with Crippen LogP contribution in [0.2, 0.25) is 0 Å². The van der Waals surface area contributed by atoms with E-state index in [1.165, 1.54) is 6.92 Å². The maximum Gasteiger partial charge on any atom is 0.266 e. The van der Waals surface area contributed by atoms with E-state index >= 15 is 0 Å². The van der Waals surface area contributed by atoms with E-state index in [-0.39, 0.29) is 23.7 Å². The molecule has 2 aliphatic rings. The summed E-state index contributed by atoms with van der Waals surface area (Å²) >= 11 is 0. The molecule has 4 rings (SSSR count). The highest BCUT2D eigenvalue weighted by atomic mass is 16.2. The van der Waals surface area contributed by atoms with Gasteiger partial charge < -0.3 is 5.32 Å². The van der Waals surface area contributed by atoms with Gasteiger partial charge in [0.1, 0.15) is 5.78 Å². The van der Waals surface area contributed by atoms with Crippen LogP contribution >= 0.6 is 0 Å². The van der Waals surface area contributed by atoms with Gasteiger partial charge >= 0.3 is 0 Å². The highest BCUT2D eigenvalue weighted by Gasteiger charge is 2.44. The third kappa shape index (κ3) is 1.97. The van der Waals surface area contributed by atoms with Crippen molar-refractivity contribution in [2.24, 2.45) is 0 Å². The van der Waals surface area contributed by atoms with Crippen LogP contribution in [0.3, 0.4) is 0 Å². The quantitative estimate of drug-likeness (QED) is 0.853. The molecule has 0 atom stereocenters. The largest absolute Gasteiger partial charge is 0.343 e. The van der Waals surface area contributed by atoms with E-state index in [9.17, 15) is 19.2 Å². The number of imide groups is 1. The molecule has 126 valence electrons. The Kier molecular flexibility index (Phi) is 2.95. The first-order chi connectivity index (χ1) is 11.7. The van der Waals surface area contributed by atoms with E-state index in [1.54, 1.807) is 12.1 Å². The highest BCUT2D eigenvalue weighted by molar-refractivity contribution is 6.37. The number of ketones is 1. The summed E-state index contributed by atoms with van der Waals surface area (Å²) in [5, 5.41) is 4.27. The topological polar surface area (TPSA) is 83.6 Å². The lowest BCUT2D eigenvalue weighted by Crippen LogP contribution is -2.35. The van der Waals surface area contributed by atoms with Crippen LogP contribution in [0, 0.1) is 0 Å². The van der Waals surface area contributed by atoms with Gasteiger partial charge in [0.25, 0.3) is 11.8 Å². The lowest BCUT2D eigenvalue weighted by Gasteiger charge is -2.19. The number of carbonyl (C=O) groups is 4. The van der Waals surface area contributed by atoms with E-state index in [2.05, 4.69) is 5.32 Å². The number of Topliss-reactive ketones (excluding diaryl/α,β-unsaturated/α-hetero) is 1. The standard InChI is InChI=1S/C19H16N2O4/c1-9(22)7-13(23)21-12-6-4-5-10-8-11-15(16(14(10)12)18(21)25)17(24)20-19(11,2)3/h4-6,8H,7H2,1-3H3,(H,20,24). The molecule has 1 N–H and O–H groups in total. The minimum atomic E-state index is -0.593. The fourth-order valence-corrected chi connectivity index (χ4v) is 3.74. The molecule has 0 aliphatic carbocycles. The fourth-order valence-electron chi connectivity index (χ4n) is 3.74. The molecule has 6 nitrogen and oxygen atoms in total. The molecule has 2 heterocycles. The molecule has 3 amide bonds. The van der Waals surface area contributed by atoms with Crippen molar-refractivity contribution in [3.8, 4) is 0 Å². The Labute approximate surface area is 143 Å². The summed E-state index contributed by atoms with van der Waals surface area (Å²) in [6, 6.07) is 7.17. The number of hydrogen-bond donors (Lipinski definition) is 1. The van der Waals surface area contributed by atoms with E-state index in [1.807, 2.05) is 26.0 Å². The molecule has 0 bridgehead atoms. The smallest absolute Gasteiger partial charge is 0.266 e. The summed E-state index contributed by atoms with van der Waals surface area (Å²) in [7, 11) is 0. The first kappa shape index (κ1) is 15.5. The van der Waals surface area contributed by atoms with Gasteiger partial charge in [-0.15, -0.1) is 0 Å². The molecule has 6 heteroatoms. The maximum absolute atomic E-state index is 13.0. The zero-order valence-corrected chi connectivity index (χ0v) is 14.1. The van der Waals surface area contributed by atoms with Crippen molar-refractivity contribution in [1.82, 2.24) is 5.32 Å². The molecular formula is C19H16N2O4. The van der Waals surface area contributed by atoms with Crippen molar-refractivity contribution in [1.29, 1.82) is 0 Å². The van der Waals surface area contributed by atoms with Gasteiger partial charge in [-0.25, -0.2) is 4.90 Å². The minimum absolute atomic E-state index is 0.253. The summed E-state index contributed by atoms with van der Waals surface area (Å²) in [4.78, 5) is 50.4. The molecule has 0 radical (unpaired) electrons. The molecule has 0 saturated heterocycles. The first-order valence-corrected chi connectivity index (χ1v) is 8.02. The van der Waals surface area contributed by atoms with E-state index in [4.69, 9.17) is 0 Å². The zero-order chi connectivity index (χ0) is 18.1. The molecule has 2 aromatic rings. The van der Waals surface area contributed by atoms with Crippen LogP contribution in [-0.2, 0) is 15.1 Å². The lowest BCUT2D eigenvalue weighted by atomic mass is 9.89. The Morgan fingerprint density at radius 2 is 1.88 bits per heavy atom. The van der Waals surface area contributed by atoms with Gasteiger partial charge in [0.05, 0.1) is 28.8 Å². The number of hydrogen-bond acceptors (Lipinski definition) is 4. The van der Waals surface area contributed by atoms with Crippen molar-refractivity contribution < 1.29 is 19.2 Å². The molecule has 0 fully saturated rings. The molecule has 0 aromatic heterocycles. The van der Waals surface area contributed by atoms with Crippen LogP contribution in [0.15, 0.2) is 24.3 Å². The number of amides is 3. The van der Waals surface area contributed by atoms with E-state index in [0.717, 1.165) is 15.8 Å². The summed E-state index contributed by atoms with van der Waals surface area (Å²) in [6.07, 6.45) is -0.351. The van der Waals surface area contributed by atoms with Crippen molar-refractivity contribution >= 4 is 40.0 Å². The molecule has 2 aromatic carbocycles. The molecule has 0 unspecified atom stereocenters. The van der Waals surface area contributed by atoms with Crippen LogP contribution in [0.4, 0.5) is 5.69 Å². The number of benzene rings is 2. The van der Waals surface area contributed by atoms with Crippen LogP contribution in [-0.4, -0.2) is 23.5 Å². The second-order valence-corrected chi connectivity index (χ2v) is 7.04. The Morgan fingerprint density at radius 3 is 2.56 bits per heavy atom. The van der Waals surface area contributed by atoms with Crippen LogP contribution < -0.4 is 10.2 Å². The molecule has 25 heavy (non-hydrogen) atoms. The van der Waals surface area contributed by atoms with Gasteiger partial charge in [-0.1, -0.05) is 12.1 Å². The van der Waals surface area contributed by atoms with Crippen molar-refractivity contribution in [3.05, 3.63) is 41.0 Å². The normalized spacial score (nSPS) is 17.0. The van der Waals surface area contributed by atoms with Crippen LogP contribution in [0.1, 0.15) is 53.5 Å². The average molecular weight is 336 g/mol. The maximum atomic E-state index is 13.0. The molecular weight excluding hydrogens is 320 g/mol. The van der Waals surface area contributed by atoms with E-state index in [0.29, 0.717) is 16.6 Å².